The zero-order valence-electron chi connectivity index (χ0n) is 12.1. The lowest BCUT2D eigenvalue weighted by Gasteiger charge is -2.18. The number of oxazole rings is 1. The van der Waals surface area contributed by atoms with Gasteiger partial charge in [-0.2, -0.15) is 5.26 Å². The van der Waals surface area contributed by atoms with Crippen molar-refractivity contribution >= 4 is 5.88 Å². The van der Waals surface area contributed by atoms with E-state index in [2.05, 4.69) is 16.0 Å². The Balaban J connectivity index is 1.82. The Morgan fingerprint density at radius 2 is 1.81 bits per heavy atom. The molecule has 1 saturated heterocycles. The minimum atomic E-state index is 0.419. The highest BCUT2D eigenvalue weighted by Crippen LogP contribution is 2.25. The molecule has 21 heavy (non-hydrogen) atoms. The molecule has 3 rings (SSSR count). The highest BCUT2D eigenvalue weighted by molar-refractivity contribution is 5.48. The number of rotatable bonds is 3. The summed E-state index contributed by atoms with van der Waals surface area (Å²) in [5.74, 6) is 1.28. The van der Waals surface area contributed by atoms with Crippen LogP contribution in [0.25, 0.3) is 0 Å². The smallest absolute Gasteiger partial charge is 0.234 e. The fraction of sp³-hybridized carbons (Fsp3) is 0.412. The predicted molar refractivity (Wildman–Crippen MR) is 81.1 cm³/mol. The van der Waals surface area contributed by atoms with Crippen LogP contribution in [-0.2, 0) is 6.42 Å². The minimum Gasteiger partial charge on any atom is -0.423 e. The first-order valence-electron chi connectivity index (χ1n) is 7.55. The van der Waals surface area contributed by atoms with Crippen LogP contribution < -0.4 is 4.90 Å². The highest BCUT2D eigenvalue weighted by atomic mass is 16.4. The van der Waals surface area contributed by atoms with Gasteiger partial charge in [-0.05, 0) is 18.4 Å². The van der Waals surface area contributed by atoms with Gasteiger partial charge in [0.2, 0.25) is 17.5 Å². The van der Waals surface area contributed by atoms with Gasteiger partial charge in [-0.25, -0.2) is 4.98 Å². The van der Waals surface area contributed by atoms with E-state index in [4.69, 9.17) is 4.42 Å². The summed E-state index contributed by atoms with van der Waals surface area (Å²) >= 11 is 0. The molecule has 0 saturated carbocycles. The van der Waals surface area contributed by atoms with Gasteiger partial charge < -0.3 is 9.32 Å². The average Bonchev–Trinajstić information content (AvgIpc) is 2.73. The van der Waals surface area contributed by atoms with E-state index in [0.29, 0.717) is 23.9 Å². The Bertz CT molecular complexity index is 619. The summed E-state index contributed by atoms with van der Waals surface area (Å²) in [6.45, 7) is 1.91. The average molecular weight is 281 g/mol. The number of aromatic nitrogens is 1. The SMILES string of the molecule is N#Cc1nc(Cc2ccccc2)oc1N1CCCCCC1. The van der Waals surface area contributed by atoms with Crippen molar-refractivity contribution in [2.45, 2.75) is 32.1 Å². The third kappa shape index (κ3) is 3.25. The lowest BCUT2D eigenvalue weighted by Crippen LogP contribution is -2.24. The lowest BCUT2D eigenvalue weighted by atomic mass is 10.1. The Hall–Kier alpha value is -2.28. The van der Waals surface area contributed by atoms with Crippen molar-refractivity contribution in [1.82, 2.24) is 4.98 Å². The second kappa shape index (κ2) is 6.45. The molecule has 1 aromatic heterocycles. The molecule has 0 radical (unpaired) electrons. The summed E-state index contributed by atoms with van der Waals surface area (Å²) in [6, 6.07) is 12.2. The number of benzene rings is 1. The van der Waals surface area contributed by atoms with E-state index in [0.717, 1.165) is 31.5 Å². The highest BCUT2D eigenvalue weighted by Gasteiger charge is 2.20. The van der Waals surface area contributed by atoms with E-state index >= 15 is 0 Å². The van der Waals surface area contributed by atoms with Gasteiger partial charge in [0.15, 0.2) is 0 Å². The van der Waals surface area contributed by atoms with E-state index in [1.165, 1.54) is 12.8 Å². The van der Waals surface area contributed by atoms with Crippen molar-refractivity contribution < 1.29 is 4.42 Å². The predicted octanol–water partition coefficient (Wildman–Crippen LogP) is 3.52. The van der Waals surface area contributed by atoms with Crippen molar-refractivity contribution in [3.8, 4) is 6.07 Å². The number of hydrogen-bond acceptors (Lipinski definition) is 4. The van der Waals surface area contributed by atoms with Gasteiger partial charge in [-0.1, -0.05) is 43.2 Å². The van der Waals surface area contributed by atoms with Crippen LogP contribution in [0.3, 0.4) is 0 Å². The first-order chi connectivity index (χ1) is 10.4. The molecular weight excluding hydrogens is 262 g/mol. The topological polar surface area (TPSA) is 53.1 Å². The summed E-state index contributed by atoms with van der Waals surface area (Å²) < 4.78 is 5.90. The van der Waals surface area contributed by atoms with Crippen LogP contribution in [0, 0.1) is 11.3 Å². The molecule has 4 heteroatoms. The number of anilines is 1. The first kappa shape index (κ1) is 13.7. The van der Waals surface area contributed by atoms with Gasteiger partial charge in [0.25, 0.3) is 0 Å². The normalized spacial score (nSPS) is 15.5. The van der Waals surface area contributed by atoms with E-state index < -0.39 is 0 Å². The summed E-state index contributed by atoms with van der Waals surface area (Å²) in [4.78, 5) is 6.53. The van der Waals surface area contributed by atoms with Crippen molar-refractivity contribution in [2.24, 2.45) is 0 Å². The second-order valence-electron chi connectivity index (χ2n) is 5.44. The number of hydrogen-bond donors (Lipinski definition) is 0. The third-order valence-corrected chi connectivity index (χ3v) is 3.85. The monoisotopic (exact) mass is 281 g/mol. The zero-order chi connectivity index (χ0) is 14.5. The van der Waals surface area contributed by atoms with Crippen LogP contribution in [0.4, 0.5) is 5.88 Å². The van der Waals surface area contributed by atoms with Crippen molar-refractivity contribution in [3.63, 3.8) is 0 Å². The van der Waals surface area contributed by atoms with E-state index in [-0.39, 0.29) is 0 Å². The Morgan fingerprint density at radius 1 is 1.10 bits per heavy atom. The molecule has 1 aliphatic rings. The first-order valence-corrected chi connectivity index (χ1v) is 7.55. The summed E-state index contributed by atoms with van der Waals surface area (Å²) in [6.07, 6.45) is 5.44. The van der Waals surface area contributed by atoms with Crippen molar-refractivity contribution in [2.75, 3.05) is 18.0 Å². The summed E-state index contributed by atoms with van der Waals surface area (Å²) in [7, 11) is 0. The Kier molecular flexibility index (Phi) is 4.20. The standard InChI is InChI=1S/C17H19N3O/c18-13-15-17(20-10-6-1-2-7-11-20)21-16(19-15)12-14-8-4-3-5-9-14/h3-5,8-9H,1-2,6-7,10-12H2. The van der Waals surface area contributed by atoms with Gasteiger partial charge in [0.1, 0.15) is 6.07 Å². The number of nitrogens with zero attached hydrogens (tertiary/aromatic N) is 3. The molecule has 1 aromatic carbocycles. The maximum Gasteiger partial charge on any atom is 0.234 e. The largest absolute Gasteiger partial charge is 0.423 e. The number of nitriles is 1. The Labute approximate surface area is 125 Å². The van der Waals surface area contributed by atoms with E-state index in [9.17, 15) is 5.26 Å². The summed E-state index contributed by atoms with van der Waals surface area (Å²) in [5.41, 5.74) is 1.56. The Morgan fingerprint density at radius 3 is 2.48 bits per heavy atom. The molecule has 0 N–H and O–H groups in total. The molecule has 0 bridgehead atoms. The molecule has 0 unspecified atom stereocenters. The lowest BCUT2D eigenvalue weighted by molar-refractivity contribution is 0.495. The molecule has 1 fully saturated rings. The van der Waals surface area contributed by atoms with Crippen molar-refractivity contribution in [3.05, 3.63) is 47.5 Å². The molecule has 2 aromatic rings. The van der Waals surface area contributed by atoms with Gasteiger partial charge >= 0.3 is 0 Å². The quantitative estimate of drug-likeness (QED) is 0.863. The maximum absolute atomic E-state index is 9.30. The fourth-order valence-electron chi connectivity index (χ4n) is 2.76. The minimum absolute atomic E-state index is 0.419. The van der Waals surface area contributed by atoms with E-state index in [1.807, 2.05) is 30.3 Å². The fourth-order valence-corrected chi connectivity index (χ4v) is 2.76. The third-order valence-electron chi connectivity index (χ3n) is 3.85. The molecular formula is C17H19N3O. The molecule has 2 heterocycles. The van der Waals surface area contributed by atoms with Crippen LogP contribution in [-0.4, -0.2) is 18.1 Å². The van der Waals surface area contributed by atoms with E-state index in [1.54, 1.807) is 0 Å². The molecule has 4 nitrogen and oxygen atoms in total. The van der Waals surface area contributed by atoms with Crippen LogP contribution in [0.2, 0.25) is 0 Å². The zero-order valence-corrected chi connectivity index (χ0v) is 12.1. The molecule has 0 aliphatic carbocycles. The van der Waals surface area contributed by atoms with Gasteiger partial charge in [0.05, 0.1) is 0 Å². The molecule has 108 valence electrons. The van der Waals surface area contributed by atoms with Crippen molar-refractivity contribution in [1.29, 1.82) is 5.26 Å². The molecule has 0 amide bonds. The summed E-state index contributed by atoms with van der Waals surface area (Å²) in [5, 5.41) is 9.30. The molecule has 0 spiro atoms. The maximum atomic E-state index is 9.30. The van der Waals surface area contributed by atoms with Crippen LogP contribution in [0.5, 0.6) is 0 Å². The second-order valence-corrected chi connectivity index (χ2v) is 5.44. The van der Waals surface area contributed by atoms with Gasteiger partial charge in [-0.3, -0.25) is 0 Å². The van der Waals surface area contributed by atoms with Gasteiger partial charge in [-0.15, -0.1) is 0 Å². The van der Waals surface area contributed by atoms with Crippen LogP contribution >= 0.6 is 0 Å². The molecule has 1 aliphatic heterocycles. The van der Waals surface area contributed by atoms with Crippen LogP contribution in [0.15, 0.2) is 34.7 Å². The molecule has 0 atom stereocenters. The van der Waals surface area contributed by atoms with Crippen LogP contribution in [0.1, 0.15) is 42.8 Å². The van der Waals surface area contributed by atoms with Gasteiger partial charge in [0, 0.05) is 19.5 Å².